The fraction of sp³-hybridized carbons (Fsp3) is 0.333. The van der Waals surface area contributed by atoms with E-state index in [1.165, 1.54) is 0 Å². The zero-order valence-electron chi connectivity index (χ0n) is 13.9. The Kier molecular flexibility index (Phi) is 4.55. The first-order valence-corrected chi connectivity index (χ1v) is 7.93. The predicted octanol–water partition coefficient (Wildman–Crippen LogP) is 1.63. The van der Waals surface area contributed by atoms with Gasteiger partial charge < -0.3 is 19.1 Å². The average Bonchev–Trinajstić information content (AvgIpc) is 3.07. The van der Waals surface area contributed by atoms with E-state index in [1.807, 2.05) is 36.1 Å². The molecule has 0 radical (unpaired) electrons. The summed E-state index contributed by atoms with van der Waals surface area (Å²) in [4.78, 5) is 28.6. The van der Waals surface area contributed by atoms with Gasteiger partial charge in [-0.2, -0.15) is 0 Å². The summed E-state index contributed by atoms with van der Waals surface area (Å²) >= 11 is 0. The quantitative estimate of drug-likeness (QED) is 0.861. The highest BCUT2D eigenvalue weighted by molar-refractivity contribution is 5.96. The molecular formula is C18H21N3O3. The van der Waals surface area contributed by atoms with Crippen molar-refractivity contribution in [2.75, 3.05) is 33.3 Å². The second-order valence-electron chi connectivity index (χ2n) is 5.88. The van der Waals surface area contributed by atoms with Crippen LogP contribution >= 0.6 is 0 Å². The van der Waals surface area contributed by atoms with Crippen LogP contribution in [0.2, 0.25) is 0 Å². The highest BCUT2D eigenvalue weighted by Crippen LogP contribution is 2.16. The third-order valence-electron chi connectivity index (χ3n) is 4.25. The summed E-state index contributed by atoms with van der Waals surface area (Å²) in [5, 5.41) is 0. The molecule has 1 aliphatic heterocycles. The Morgan fingerprint density at radius 2 is 1.58 bits per heavy atom. The lowest BCUT2D eigenvalue weighted by molar-refractivity contribution is 0.0535. The van der Waals surface area contributed by atoms with Gasteiger partial charge in [-0.05, 0) is 24.3 Å². The van der Waals surface area contributed by atoms with Gasteiger partial charge in [0.1, 0.15) is 5.75 Å². The van der Waals surface area contributed by atoms with Crippen molar-refractivity contribution >= 4 is 11.8 Å². The van der Waals surface area contributed by atoms with E-state index in [-0.39, 0.29) is 11.8 Å². The van der Waals surface area contributed by atoms with Crippen LogP contribution in [0, 0.1) is 0 Å². The maximum absolute atomic E-state index is 12.6. The van der Waals surface area contributed by atoms with E-state index in [4.69, 9.17) is 4.74 Å². The van der Waals surface area contributed by atoms with Crippen LogP contribution in [0.1, 0.15) is 20.7 Å². The monoisotopic (exact) mass is 327 g/mol. The summed E-state index contributed by atoms with van der Waals surface area (Å²) in [6, 6.07) is 8.96. The summed E-state index contributed by atoms with van der Waals surface area (Å²) in [5.74, 6) is 0.656. The van der Waals surface area contributed by atoms with Gasteiger partial charge in [-0.25, -0.2) is 0 Å². The molecule has 2 amide bonds. The predicted molar refractivity (Wildman–Crippen MR) is 90.2 cm³/mol. The van der Waals surface area contributed by atoms with E-state index >= 15 is 0 Å². The number of hydrogen-bond acceptors (Lipinski definition) is 3. The van der Waals surface area contributed by atoms with E-state index in [2.05, 4.69) is 0 Å². The zero-order valence-corrected chi connectivity index (χ0v) is 13.9. The van der Waals surface area contributed by atoms with E-state index in [0.717, 1.165) is 0 Å². The van der Waals surface area contributed by atoms with Crippen molar-refractivity contribution in [2.24, 2.45) is 7.05 Å². The first kappa shape index (κ1) is 16.1. The largest absolute Gasteiger partial charge is 0.497 e. The van der Waals surface area contributed by atoms with Crippen molar-refractivity contribution in [1.82, 2.24) is 14.4 Å². The third kappa shape index (κ3) is 3.27. The number of aromatic nitrogens is 1. The van der Waals surface area contributed by atoms with Crippen LogP contribution in [0.4, 0.5) is 0 Å². The average molecular weight is 327 g/mol. The van der Waals surface area contributed by atoms with Gasteiger partial charge in [0.25, 0.3) is 11.8 Å². The molecule has 3 rings (SSSR count). The molecule has 1 saturated heterocycles. The number of hydrogen-bond donors (Lipinski definition) is 0. The first-order chi connectivity index (χ1) is 11.6. The van der Waals surface area contributed by atoms with Crippen molar-refractivity contribution in [2.45, 2.75) is 0 Å². The number of carbonyl (C=O) groups is 2. The van der Waals surface area contributed by atoms with Crippen molar-refractivity contribution in [3.63, 3.8) is 0 Å². The molecule has 24 heavy (non-hydrogen) atoms. The summed E-state index contributed by atoms with van der Waals surface area (Å²) in [6.07, 6.45) is 3.67. The van der Waals surface area contributed by atoms with Crippen LogP contribution < -0.4 is 4.74 Å². The molecule has 0 N–H and O–H groups in total. The SMILES string of the molecule is COc1cccc(C(=O)N2CCN(C(=O)c3ccn(C)c3)CC2)c1. The summed E-state index contributed by atoms with van der Waals surface area (Å²) < 4.78 is 7.02. The Bertz CT molecular complexity index is 745. The zero-order chi connectivity index (χ0) is 17.1. The van der Waals surface area contributed by atoms with Gasteiger partial charge in [-0.15, -0.1) is 0 Å². The molecule has 0 saturated carbocycles. The Balaban J connectivity index is 1.62. The number of piperazine rings is 1. The van der Waals surface area contributed by atoms with Crippen LogP contribution in [0.5, 0.6) is 5.75 Å². The second-order valence-corrected chi connectivity index (χ2v) is 5.88. The van der Waals surface area contributed by atoms with Gasteiger partial charge in [0, 0.05) is 51.2 Å². The van der Waals surface area contributed by atoms with Crippen LogP contribution in [-0.4, -0.2) is 59.5 Å². The third-order valence-corrected chi connectivity index (χ3v) is 4.25. The summed E-state index contributed by atoms with van der Waals surface area (Å²) in [5.41, 5.74) is 1.29. The number of benzene rings is 1. The van der Waals surface area contributed by atoms with Gasteiger partial charge in [-0.1, -0.05) is 6.07 Å². The standard InChI is InChI=1S/C18H21N3O3/c1-19-7-6-15(13-19)18(23)21-10-8-20(9-11-21)17(22)14-4-3-5-16(12-14)24-2/h3-7,12-13H,8-11H2,1-2H3. The first-order valence-electron chi connectivity index (χ1n) is 7.93. The fourth-order valence-corrected chi connectivity index (χ4v) is 2.86. The maximum Gasteiger partial charge on any atom is 0.255 e. The highest BCUT2D eigenvalue weighted by Gasteiger charge is 2.25. The van der Waals surface area contributed by atoms with Crippen LogP contribution in [0.3, 0.4) is 0 Å². The normalized spacial score (nSPS) is 14.6. The molecule has 1 aromatic carbocycles. The molecule has 0 atom stereocenters. The molecule has 0 unspecified atom stereocenters. The molecule has 1 fully saturated rings. The molecule has 2 heterocycles. The molecule has 0 bridgehead atoms. The number of methoxy groups -OCH3 is 1. The number of amides is 2. The lowest BCUT2D eigenvalue weighted by Crippen LogP contribution is -2.50. The lowest BCUT2D eigenvalue weighted by atomic mass is 10.1. The number of carbonyl (C=O) groups excluding carboxylic acids is 2. The van der Waals surface area contributed by atoms with Gasteiger partial charge in [0.2, 0.25) is 0 Å². The molecule has 0 spiro atoms. The van der Waals surface area contributed by atoms with Crippen molar-refractivity contribution in [1.29, 1.82) is 0 Å². The molecule has 0 aliphatic carbocycles. The minimum atomic E-state index is -0.0271. The minimum Gasteiger partial charge on any atom is -0.497 e. The van der Waals surface area contributed by atoms with E-state index < -0.39 is 0 Å². The molecule has 126 valence electrons. The summed E-state index contributed by atoms with van der Waals surface area (Å²) in [7, 11) is 3.47. The summed E-state index contributed by atoms with van der Waals surface area (Å²) in [6.45, 7) is 2.16. The molecule has 1 aliphatic rings. The van der Waals surface area contributed by atoms with Gasteiger partial charge in [0.15, 0.2) is 0 Å². The van der Waals surface area contributed by atoms with Crippen molar-refractivity contribution < 1.29 is 14.3 Å². The van der Waals surface area contributed by atoms with Crippen LogP contribution in [0.25, 0.3) is 0 Å². The number of ether oxygens (including phenoxy) is 1. The molecule has 6 nitrogen and oxygen atoms in total. The van der Waals surface area contributed by atoms with Crippen LogP contribution in [0.15, 0.2) is 42.7 Å². The Morgan fingerprint density at radius 1 is 0.958 bits per heavy atom. The molecule has 6 heteroatoms. The van der Waals surface area contributed by atoms with Gasteiger partial charge in [-0.3, -0.25) is 9.59 Å². The van der Waals surface area contributed by atoms with Crippen LogP contribution in [-0.2, 0) is 7.05 Å². The van der Waals surface area contributed by atoms with Gasteiger partial charge in [0.05, 0.1) is 12.7 Å². The lowest BCUT2D eigenvalue weighted by Gasteiger charge is -2.34. The highest BCUT2D eigenvalue weighted by atomic mass is 16.5. The second kappa shape index (κ2) is 6.78. The van der Waals surface area contributed by atoms with E-state index in [0.29, 0.717) is 43.1 Å². The fourth-order valence-electron chi connectivity index (χ4n) is 2.86. The number of rotatable bonds is 3. The number of nitrogens with zero attached hydrogens (tertiary/aromatic N) is 3. The van der Waals surface area contributed by atoms with E-state index in [1.54, 1.807) is 35.1 Å². The Hall–Kier alpha value is -2.76. The Morgan fingerprint density at radius 3 is 2.12 bits per heavy atom. The molecular weight excluding hydrogens is 306 g/mol. The molecule has 2 aromatic rings. The smallest absolute Gasteiger partial charge is 0.255 e. The van der Waals surface area contributed by atoms with E-state index in [9.17, 15) is 9.59 Å². The topological polar surface area (TPSA) is 54.8 Å². The van der Waals surface area contributed by atoms with Gasteiger partial charge >= 0.3 is 0 Å². The van der Waals surface area contributed by atoms with Crippen molar-refractivity contribution in [3.8, 4) is 5.75 Å². The Labute approximate surface area is 141 Å². The number of aryl methyl sites for hydroxylation is 1. The minimum absolute atomic E-state index is 0.0177. The molecule has 1 aromatic heterocycles. The van der Waals surface area contributed by atoms with Crippen molar-refractivity contribution in [3.05, 3.63) is 53.9 Å². The maximum atomic E-state index is 12.6.